The molecule has 174 valence electrons. The predicted molar refractivity (Wildman–Crippen MR) is 148 cm³/mol. The van der Waals surface area contributed by atoms with Gasteiger partial charge >= 0.3 is 0 Å². The highest BCUT2D eigenvalue weighted by molar-refractivity contribution is 7.13. The summed E-state index contributed by atoms with van der Waals surface area (Å²) in [5.74, 6) is 2.07. The zero-order valence-corrected chi connectivity index (χ0v) is 21.0. The van der Waals surface area contributed by atoms with Crippen LogP contribution in [0.4, 0.5) is 5.95 Å². The number of thiophene rings is 2. The number of anilines is 1. The summed E-state index contributed by atoms with van der Waals surface area (Å²) in [6.07, 6.45) is 6.18. The fourth-order valence-corrected chi connectivity index (χ4v) is 6.05. The summed E-state index contributed by atoms with van der Waals surface area (Å²) < 4.78 is 0. The summed E-state index contributed by atoms with van der Waals surface area (Å²) in [5, 5.41) is 7.82. The number of benzene rings is 2. The highest BCUT2D eigenvalue weighted by atomic mass is 32.1. The van der Waals surface area contributed by atoms with Crippen LogP contribution in [0.25, 0.3) is 43.7 Å². The van der Waals surface area contributed by atoms with E-state index in [1.165, 1.54) is 53.0 Å². The zero-order chi connectivity index (χ0) is 23.5. The highest BCUT2D eigenvalue weighted by Gasteiger charge is 2.17. The molecule has 5 aromatic rings. The van der Waals surface area contributed by atoms with Crippen LogP contribution in [-0.4, -0.2) is 21.0 Å². The van der Waals surface area contributed by atoms with E-state index in [9.17, 15) is 0 Å². The van der Waals surface area contributed by atoms with Crippen LogP contribution in [-0.2, 0) is 0 Å². The third kappa shape index (κ3) is 5.04. The molecular weight excluding hydrogens is 468 g/mol. The number of aromatic nitrogens is 3. The molecule has 0 unspecified atom stereocenters. The Morgan fingerprint density at radius 3 is 1.51 bits per heavy atom. The maximum atomic E-state index is 4.89. The minimum atomic E-state index is 0.425. The van der Waals surface area contributed by atoms with E-state index >= 15 is 0 Å². The van der Waals surface area contributed by atoms with E-state index in [4.69, 9.17) is 15.0 Å². The molecule has 0 bridgehead atoms. The van der Waals surface area contributed by atoms with Crippen molar-refractivity contribution >= 4 is 28.6 Å². The Hall–Kier alpha value is -3.35. The summed E-state index contributed by atoms with van der Waals surface area (Å²) in [7, 11) is 0. The van der Waals surface area contributed by atoms with Crippen LogP contribution in [0, 0.1) is 0 Å². The Labute approximate surface area is 213 Å². The van der Waals surface area contributed by atoms with Crippen molar-refractivity contribution in [2.45, 2.75) is 38.1 Å². The van der Waals surface area contributed by atoms with E-state index in [0.29, 0.717) is 23.6 Å². The molecule has 3 heterocycles. The largest absolute Gasteiger partial charge is 0.351 e. The second-order valence-electron chi connectivity index (χ2n) is 8.89. The van der Waals surface area contributed by atoms with Gasteiger partial charge in [-0.3, -0.25) is 0 Å². The molecule has 4 nitrogen and oxygen atoms in total. The molecule has 0 amide bonds. The number of hydrogen-bond acceptors (Lipinski definition) is 6. The van der Waals surface area contributed by atoms with E-state index < -0.39 is 0 Å². The normalized spacial score (nSPS) is 14.2. The van der Waals surface area contributed by atoms with Crippen molar-refractivity contribution < 1.29 is 0 Å². The van der Waals surface area contributed by atoms with Crippen molar-refractivity contribution in [2.24, 2.45) is 0 Å². The lowest BCUT2D eigenvalue weighted by Crippen LogP contribution is -2.24. The SMILES string of the molecule is c1csc(-c2ccc(-c3nc(NC4CCCCC4)nc(-c4ccc(-c5cccs5)cc4)n3)cc2)c1. The van der Waals surface area contributed by atoms with Gasteiger partial charge in [0.1, 0.15) is 0 Å². The van der Waals surface area contributed by atoms with Crippen LogP contribution in [0.15, 0.2) is 83.6 Å². The molecule has 0 aliphatic heterocycles. The van der Waals surface area contributed by atoms with Gasteiger partial charge < -0.3 is 5.32 Å². The fourth-order valence-electron chi connectivity index (χ4n) is 4.58. The second-order valence-corrected chi connectivity index (χ2v) is 10.8. The number of nitrogens with zero attached hydrogens (tertiary/aromatic N) is 3. The smallest absolute Gasteiger partial charge is 0.227 e. The number of rotatable bonds is 6. The van der Waals surface area contributed by atoms with E-state index in [1.807, 2.05) is 0 Å². The Kier molecular flexibility index (Phi) is 6.39. The van der Waals surface area contributed by atoms with Gasteiger partial charge in [-0.2, -0.15) is 9.97 Å². The molecule has 2 aromatic carbocycles. The molecule has 1 aliphatic rings. The average molecular weight is 495 g/mol. The molecule has 3 aromatic heterocycles. The minimum Gasteiger partial charge on any atom is -0.351 e. The average Bonchev–Trinajstić information content (AvgIpc) is 3.65. The first-order valence-electron chi connectivity index (χ1n) is 12.1. The van der Waals surface area contributed by atoms with Gasteiger partial charge in [-0.1, -0.05) is 79.9 Å². The van der Waals surface area contributed by atoms with Crippen molar-refractivity contribution in [1.29, 1.82) is 0 Å². The third-order valence-corrected chi connectivity index (χ3v) is 8.31. The maximum absolute atomic E-state index is 4.89. The van der Waals surface area contributed by atoms with Crippen molar-refractivity contribution in [3.8, 4) is 43.7 Å². The Bertz CT molecular complexity index is 1270. The van der Waals surface area contributed by atoms with Gasteiger partial charge in [-0.25, -0.2) is 4.98 Å². The maximum Gasteiger partial charge on any atom is 0.227 e. The second kappa shape index (κ2) is 10.1. The molecule has 1 fully saturated rings. The van der Waals surface area contributed by atoms with E-state index in [0.717, 1.165) is 11.1 Å². The van der Waals surface area contributed by atoms with Crippen LogP contribution >= 0.6 is 22.7 Å². The first-order chi connectivity index (χ1) is 17.3. The Morgan fingerprint density at radius 2 is 1.06 bits per heavy atom. The lowest BCUT2D eigenvalue weighted by molar-refractivity contribution is 0.461. The van der Waals surface area contributed by atoms with Gasteiger partial charge in [0.2, 0.25) is 5.95 Å². The molecular formula is C29H26N4S2. The monoisotopic (exact) mass is 494 g/mol. The predicted octanol–water partition coefficient (Wildman–Crippen LogP) is 8.41. The van der Waals surface area contributed by atoms with Crippen molar-refractivity contribution in [3.05, 3.63) is 83.6 Å². The van der Waals surface area contributed by atoms with E-state index in [-0.39, 0.29) is 0 Å². The third-order valence-electron chi connectivity index (χ3n) is 6.47. The summed E-state index contributed by atoms with van der Waals surface area (Å²) >= 11 is 3.50. The molecule has 0 radical (unpaired) electrons. The topological polar surface area (TPSA) is 50.7 Å². The molecule has 35 heavy (non-hydrogen) atoms. The Morgan fingerprint density at radius 1 is 0.571 bits per heavy atom. The molecule has 1 N–H and O–H groups in total. The highest BCUT2D eigenvalue weighted by Crippen LogP contribution is 2.30. The van der Waals surface area contributed by atoms with Gasteiger partial charge in [-0.15, -0.1) is 22.7 Å². The summed E-state index contributed by atoms with van der Waals surface area (Å²) in [6, 6.07) is 25.9. The number of hydrogen-bond donors (Lipinski definition) is 1. The fraction of sp³-hybridized carbons (Fsp3) is 0.207. The lowest BCUT2D eigenvalue weighted by Gasteiger charge is -2.23. The van der Waals surface area contributed by atoms with Crippen LogP contribution in [0.2, 0.25) is 0 Å². The van der Waals surface area contributed by atoms with E-state index in [2.05, 4.69) is 88.9 Å². The summed E-state index contributed by atoms with van der Waals surface area (Å²) in [4.78, 5) is 17.1. The first-order valence-corrected chi connectivity index (χ1v) is 13.9. The van der Waals surface area contributed by atoms with Crippen molar-refractivity contribution in [3.63, 3.8) is 0 Å². The van der Waals surface area contributed by atoms with Gasteiger partial charge in [0.25, 0.3) is 0 Å². The van der Waals surface area contributed by atoms with Gasteiger partial charge in [-0.05, 0) is 46.9 Å². The van der Waals surface area contributed by atoms with Crippen LogP contribution in [0.3, 0.4) is 0 Å². The van der Waals surface area contributed by atoms with Crippen molar-refractivity contribution in [1.82, 2.24) is 15.0 Å². The number of nitrogens with one attached hydrogen (secondary N) is 1. The standard InChI is InChI=1S/C29H26N4S2/c1-2-6-24(7-3-1)30-29-32-27(22-14-10-20(11-15-22)25-8-4-18-34-25)31-28(33-29)23-16-12-21(13-17-23)26-9-5-19-35-26/h4-5,8-19,24H,1-3,6-7H2,(H,30,31,32,33). The quantitative estimate of drug-likeness (QED) is 0.257. The molecule has 1 aliphatic carbocycles. The van der Waals surface area contributed by atoms with Crippen LogP contribution in [0.1, 0.15) is 32.1 Å². The Balaban J connectivity index is 1.35. The molecule has 0 spiro atoms. The summed E-state index contributed by atoms with van der Waals surface area (Å²) in [6.45, 7) is 0. The van der Waals surface area contributed by atoms with Gasteiger partial charge in [0.15, 0.2) is 11.6 Å². The molecule has 6 heteroatoms. The van der Waals surface area contributed by atoms with Gasteiger partial charge in [0.05, 0.1) is 0 Å². The van der Waals surface area contributed by atoms with E-state index in [1.54, 1.807) is 22.7 Å². The summed E-state index contributed by atoms with van der Waals surface area (Å²) in [5.41, 5.74) is 4.41. The van der Waals surface area contributed by atoms with Crippen LogP contribution < -0.4 is 5.32 Å². The first kappa shape index (κ1) is 22.1. The molecule has 0 atom stereocenters. The van der Waals surface area contributed by atoms with Gasteiger partial charge in [0, 0.05) is 26.9 Å². The van der Waals surface area contributed by atoms with Crippen LogP contribution in [0.5, 0.6) is 0 Å². The minimum absolute atomic E-state index is 0.425. The molecule has 0 saturated heterocycles. The zero-order valence-electron chi connectivity index (χ0n) is 19.4. The molecule has 6 rings (SSSR count). The lowest BCUT2D eigenvalue weighted by atomic mass is 9.96. The van der Waals surface area contributed by atoms with Crippen molar-refractivity contribution in [2.75, 3.05) is 5.32 Å². The molecule has 1 saturated carbocycles.